The third-order valence-corrected chi connectivity index (χ3v) is 3.41. The molecule has 2 nitrogen and oxygen atoms in total. The summed E-state index contributed by atoms with van der Waals surface area (Å²) in [4.78, 5) is 4.13. The van der Waals surface area contributed by atoms with Gasteiger partial charge in [-0.15, -0.1) is 0 Å². The van der Waals surface area contributed by atoms with Gasteiger partial charge in [0, 0.05) is 47.8 Å². The van der Waals surface area contributed by atoms with E-state index in [0.29, 0.717) is 6.04 Å². The van der Waals surface area contributed by atoms with Crippen molar-refractivity contribution in [2.45, 2.75) is 18.9 Å². The minimum atomic E-state index is 0.597. The average Bonchev–Trinajstić information content (AvgIpc) is 2.53. The molecule has 0 spiro atoms. The number of hydrogen-bond donors (Lipinski definition) is 0. The highest BCUT2D eigenvalue weighted by atomic mass is 127. The first-order chi connectivity index (χ1) is 5.88. The predicted octanol–water partition coefficient (Wildman–Crippen LogP) is 2.57. The molecule has 0 aliphatic carbocycles. The minimum absolute atomic E-state index is 0.597. The lowest BCUT2D eigenvalue weighted by Crippen LogP contribution is -2.10. The van der Waals surface area contributed by atoms with Crippen LogP contribution in [-0.4, -0.2) is 14.6 Å². The molecule has 0 aromatic carbocycles. The van der Waals surface area contributed by atoms with Crippen molar-refractivity contribution in [1.82, 2.24) is 8.10 Å². The maximum absolute atomic E-state index is 4.13. The summed E-state index contributed by atoms with van der Waals surface area (Å²) in [6.07, 6.45) is 6.38. The quantitative estimate of drug-likeness (QED) is 0.578. The molecular weight excluding hydrogens is 263 g/mol. The van der Waals surface area contributed by atoms with Gasteiger partial charge in [0.05, 0.1) is 0 Å². The van der Waals surface area contributed by atoms with E-state index < -0.39 is 0 Å². The SMILES string of the molecule is IN1CCCC1c1cccnc1. The van der Waals surface area contributed by atoms with Gasteiger partial charge in [-0.3, -0.25) is 4.98 Å². The topological polar surface area (TPSA) is 16.1 Å². The van der Waals surface area contributed by atoms with Gasteiger partial charge in [0.2, 0.25) is 0 Å². The Bertz CT molecular complexity index is 250. The molecule has 1 aromatic rings. The maximum atomic E-state index is 4.13. The van der Waals surface area contributed by atoms with Crippen LogP contribution < -0.4 is 0 Å². The number of rotatable bonds is 1. The first-order valence-electron chi connectivity index (χ1n) is 4.20. The highest BCUT2D eigenvalue weighted by Gasteiger charge is 2.23. The number of nitrogens with zero attached hydrogens (tertiary/aromatic N) is 2. The molecule has 1 fully saturated rings. The van der Waals surface area contributed by atoms with Crippen LogP contribution in [0.1, 0.15) is 24.4 Å². The smallest absolute Gasteiger partial charge is 0.0459 e. The van der Waals surface area contributed by atoms with Crippen LogP contribution in [0.4, 0.5) is 0 Å². The van der Waals surface area contributed by atoms with Gasteiger partial charge in [-0.2, -0.15) is 0 Å². The molecule has 3 heteroatoms. The van der Waals surface area contributed by atoms with Crippen molar-refractivity contribution in [3.63, 3.8) is 0 Å². The Morgan fingerprint density at radius 3 is 3.08 bits per heavy atom. The fourth-order valence-corrected chi connectivity index (χ4v) is 2.57. The van der Waals surface area contributed by atoms with Gasteiger partial charge in [0.25, 0.3) is 0 Å². The Labute approximate surface area is 86.5 Å². The second-order valence-corrected chi connectivity index (χ2v) is 4.31. The Hall–Kier alpha value is -0.160. The molecule has 1 saturated heterocycles. The second-order valence-electron chi connectivity index (χ2n) is 3.07. The van der Waals surface area contributed by atoms with E-state index in [-0.39, 0.29) is 0 Å². The lowest BCUT2D eigenvalue weighted by Gasteiger charge is -2.16. The highest BCUT2D eigenvalue weighted by Crippen LogP contribution is 2.33. The summed E-state index contributed by atoms with van der Waals surface area (Å²) in [7, 11) is 0. The third kappa shape index (κ3) is 1.61. The van der Waals surface area contributed by atoms with E-state index in [9.17, 15) is 0 Å². The van der Waals surface area contributed by atoms with Crippen molar-refractivity contribution in [2.75, 3.05) is 6.54 Å². The van der Waals surface area contributed by atoms with Gasteiger partial charge >= 0.3 is 0 Å². The zero-order valence-electron chi connectivity index (χ0n) is 6.78. The number of pyridine rings is 1. The first kappa shape index (κ1) is 8.44. The number of hydrogen-bond acceptors (Lipinski definition) is 2. The van der Waals surface area contributed by atoms with E-state index in [0.717, 1.165) is 0 Å². The van der Waals surface area contributed by atoms with E-state index in [1.165, 1.54) is 24.9 Å². The number of aromatic nitrogens is 1. The van der Waals surface area contributed by atoms with Crippen molar-refractivity contribution >= 4 is 22.9 Å². The zero-order valence-corrected chi connectivity index (χ0v) is 8.94. The molecule has 12 heavy (non-hydrogen) atoms. The predicted molar refractivity (Wildman–Crippen MR) is 56.9 cm³/mol. The molecule has 1 aliphatic heterocycles. The Kier molecular flexibility index (Phi) is 2.60. The molecule has 2 heterocycles. The van der Waals surface area contributed by atoms with Crippen molar-refractivity contribution in [2.24, 2.45) is 0 Å². The zero-order chi connectivity index (χ0) is 8.39. The number of halogens is 1. The molecule has 1 aromatic heterocycles. The molecule has 0 amide bonds. The molecule has 0 saturated carbocycles. The van der Waals surface area contributed by atoms with Gasteiger partial charge in [-0.05, 0) is 24.5 Å². The van der Waals surface area contributed by atoms with E-state index in [4.69, 9.17) is 0 Å². The van der Waals surface area contributed by atoms with E-state index in [1.54, 1.807) is 0 Å². The molecule has 1 atom stereocenters. The summed E-state index contributed by atoms with van der Waals surface area (Å²) in [5.74, 6) is 0. The maximum Gasteiger partial charge on any atom is 0.0459 e. The molecule has 0 N–H and O–H groups in total. The lowest BCUT2D eigenvalue weighted by molar-refractivity contribution is 0.488. The molecule has 64 valence electrons. The highest BCUT2D eigenvalue weighted by molar-refractivity contribution is 14.1. The van der Waals surface area contributed by atoms with E-state index >= 15 is 0 Å². The summed E-state index contributed by atoms with van der Waals surface area (Å²) in [6, 6.07) is 4.77. The molecule has 1 aliphatic rings. The molecule has 0 bridgehead atoms. The van der Waals surface area contributed by atoms with Crippen molar-refractivity contribution in [3.8, 4) is 0 Å². The molecular formula is C9H11IN2. The first-order valence-corrected chi connectivity index (χ1v) is 5.17. The fourth-order valence-electron chi connectivity index (χ4n) is 1.63. The van der Waals surface area contributed by atoms with Crippen LogP contribution in [0, 0.1) is 0 Å². The van der Waals surface area contributed by atoms with Crippen LogP contribution in [0.15, 0.2) is 24.5 Å². The summed E-state index contributed by atoms with van der Waals surface area (Å²) in [5, 5.41) is 0. The van der Waals surface area contributed by atoms with Crippen LogP contribution in [0.5, 0.6) is 0 Å². The second kappa shape index (κ2) is 3.70. The minimum Gasteiger partial charge on any atom is -0.264 e. The van der Waals surface area contributed by atoms with Crippen LogP contribution in [0.2, 0.25) is 0 Å². The lowest BCUT2D eigenvalue weighted by atomic mass is 10.1. The molecule has 0 radical (unpaired) electrons. The summed E-state index contributed by atoms with van der Waals surface area (Å²) >= 11 is 2.40. The van der Waals surface area contributed by atoms with Gasteiger partial charge in [-0.25, -0.2) is 3.11 Å². The Morgan fingerprint density at radius 1 is 1.58 bits per heavy atom. The Morgan fingerprint density at radius 2 is 2.50 bits per heavy atom. The van der Waals surface area contributed by atoms with Crippen molar-refractivity contribution in [3.05, 3.63) is 30.1 Å². The van der Waals surface area contributed by atoms with Gasteiger partial charge in [-0.1, -0.05) is 6.07 Å². The van der Waals surface area contributed by atoms with Crippen LogP contribution >= 0.6 is 22.9 Å². The largest absolute Gasteiger partial charge is 0.264 e. The van der Waals surface area contributed by atoms with Gasteiger partial charge in [0.1, 0.15) is 0 Å². The van der Waals surface area contributed by atoms with Crippen molar-refractivity contribution < 1.29 is 0 Å². The summed E-state index contributed by atoms with van der Waals surface area (Å²) in [6.45, 7) is 1.21. The molecule has 1 unspecified atom stereocenters. The van der Waals surface area contributed by atoms with Crippen LogP contribution in [0.25, 0.3) is 0 Å². The van der Waals surface area contributed by atoms with Gasteiger partial charge in [0.15, 0.2) is 0 Å². The average molecular weight is 274 g/mol. The Balaban J connectivity index is 2.19. The van der Waals surface area contributed by atoms with Gasteiger partial charge < -0.3 is 0 Å². The standard InChI is InChI=1S/C9H11IN2/c10-12-6-2-4-9(12)8-3-1-5-11-7-8/h1,3,5,7,9H,2,4,6H2. The van der Waals surface area contributed by atoms with Crippen LogP contribution in [-0.2, 0) is 0 Å². The fraction of sp³-hybridized carbons (Fsp3) is 0.444. The molecule has 2 rings (SSSR count). The summed E-state index contributed by atoms with van der Waals surface area (Å²) < 4.78 is 2.37. The normalized spacial score (nSPS) is 24.6. The van der Waals surface area contributed by atoms with Crippen LogP contribution in [0.3, 0.4) is 0 Å². The van der Waals surface area contributed by atoms with E-state index in [2.05, 4.69) is 37.0 Å². The monoisotopic (exact) mass is 274 g/mol. The third-order valence-electron chi connectivity index (χ3n) is 2.26. The van der Waals surface area contributed by atoms with Crippen molar-refractivity contribution in [1.29, 1.82) is 0 Å². The summed E-state index contributed by atoms with van der Waals surface area (Å²) in [5.41, 5.74) is 1.35. The van der Waals surface area contributed by atoms with E-state index in [1.807, 2.05) is 18.5 Å².